The van der Waals surface area contributed by atoms with E-state index in [2.05, 4.69) is 45.9 Å². The van der Waals surface area contributed by atoms with Gasteiger partial charge in [-0.1, -0.05) is 23.2 Å². The lowest BCUT2D eigenvalue weighted by molar-refractivity contribution is 0.0646. The minimum Gasteiger partial charge on any atom is -0.383 e. The summed E-state index contributed by atoms with van der Waals surface area (Å²) in [5.41, 5.74) is 1.81. The molecule has 3 heterocycles. The van der Waals surface area contributed by atoms with Crippen LogP contribution in [0.4, 0.5) is 5.82 Å². The predicted octanol–water partition coefficient (Wildman–Crippen LogP) is 4.83. The summed E-state index contributed by atoms with van der Waals surface area (Å²) in [4.78, 5) is 6.75. The SMILES string of the molecule is COC[C@@H](C)NC1CCC(Nc2cc(C3=C(Cl)C=CC(NCC4CCOCC4)N3C)c(Cl)cn2)CC1. The van der Waals surface area contributed by atoms with Crippen LogP contribution < -0.4 is 16.0 Å². The summed E-state index contributed by atoms with van der Waals surface area (Å²) in [6.07, 6.45) is 12.5. The largest absolute Gasteiger partial charge is 0.383 e. The van der Waals surface area contributed by atoms with Gasteiger partial charge in [-0.3, -0.25) is 5.32 Å². The van der Waals surface area contributed by atoms with Gasteiger partial charge in [-0.15, -0.1) is 0 Å². The fourth-order valence-electron chi connectivity index (χ4n) is 5.47. The van der Waals surface area contributed by atoms with Crippen molar-refractivity contribution in [3.8, 4) is 0 Å². The summed E-state index contributed by atoms with van der Waals surface area (Å²) in [6, 6.07) is 3.35. The smallest absolute Gasteiger partial charge is 0.126 e. The number of nitrogens with one attached hydrogen (secondary N) is 3. The van der Waals surface area contributed by atoms with E-state index in [1.54, 1.807) is 13.3 Å². The zero-order valence-corrected chi connectivity index (χ0v) is 23.2. The molecule has 1 aromatic rings. The Hall–Kier alpha value is -1.35. The number of halogens is 2. The van der Waals surface area contributed by atoms with Crippen LogP contribution in [-0.2, 0) is 9.47 Å². The predicted molar refractivity (Wildman–Crippen MR) is 148 cm³/mol. The fraction of sp³-hybridized carbons (Fsp3) is 0.667. The Morgan fingerprint density at radius 1 is 1.14 bits per heavy atom. The molecule has 0 amide bonds. The molecule has 9 heteroatoms. The van der Waals surface area contributed by atoms with E-state index in [1.807, 2.05) is 12.1 Å². The maximum atomic E-state index is 6.71. The van der Waals surface area contributed by atoms with E-state index in [0.29, 0.717) is 34.1 Å². The molecule has 7 nitrogen and oxygen atoms in total. The van der Waals surface area contributed by atoms with Gasteiger partial charge >= 0.3 is 0 Å². The van der Waals surface area contributed by atoms with Gasteiger partial charge in [0.2, 0.25) is 0 Å². The van der Waals surface area contributed by atoms with E-state index >= 15 is 0 Å². The Bertz CT molecular complexity index is 913. The van der Waals surface area contributed by atoms with Crippen molar-refractivity contribution < 1.29 is 9.47 Å². The first kappa shape index (κ1) is 27.7. The molecule has 1 aromatic heterocycles. The quantitative estimate of drug-likeness (QED) is 0.394. The number of ether oxygens (including phenoxy) is 2. The van der Waals surface area contributed by atoms with Crippen LogP contribution in [0.2, 0.25) is 5.02 Å². The van der Waals surface area contributed by atoms with Gasteiger partial charge in [0.1, 0.15) is 5.82 Å². The minimum atomic E-state index is 0.0502. The molecule has 4 rings (SSSR count). The van der Waals surface area contributed by atoms with Crippen molar-refractivity contribution in [3.63, 3.8) is 0 Å². The average Bonchev–Trinajstić information content (AvgIpc) is 2.87. The Morgan fingerprint density at radius 2 is 1.86 bits per heavy atom. The zero-order valence-electron chi connectivity index (χ0n) is 21.7. The molecule has 0 radical (unpaired) electrons. The van der Waals surface area contributed by atoms with Gasteiger partial charge in [-0.2, -0.15) is 0 Å². The molecular formula is C27H41Cl2N5O2. The van der Waals surface area contributed by atoms with Crippen molar-refractivity contribution in [2.24, 2.45) is 5.92 Å². The topological polar surface area (TPSA) is 70.7 Å². The molecule has 3 N–H and O–H groups in total. The molecule has 0 spiro atoms. The van der Waals surface area contributed by atoms with Crippen LogP contribution in [0.5, 0.6) is 0 Å². The molecule has 1 unspecified atom stereocenters. The monoisotopic (exact) mass is 537 g/mol. The van der Waals surface area contributed by atoms with Crippen molar-refractivity contribution in [1.82, 2.24) is 20.5 Å². The average molecular weight is 539 g/mol. The van der Waals surface area contributed by atoms with E-state index in [1.165, 1.54) is 0 Å². The number of allylic oxidation sites excluding steroid dienone is 2. The van der Waals surface area contributed by atoms with Gasteiger partial charge in [0.15, 0.2) is 0 Å². The fourth-order valence-corrected chi connectivity index (χ4v) is 5.97. The summed E-state index contributed by atoms with van der Waals surface area (Å²) in [6.45, 7) is 5.57. The maximum Gasteiger partial charge on any atom is 0.126 e. The van der Waals surface area contributed by atoms with Crippen molar-refractivity contribution in [2.45, 2.75) is 69.7 Å². The number of aromatic nitrogens is 1. The van der Waals surface area contributed by atoms with Crippen LogP contribution in [0.1, 0.15) is 51.0 Å². The maximum absolute atomic E-state index is 6.71. The summed E-state index contributed by atoms with van der Waals surface area (Å²) in [7, 11) is 3.81. The Labute approximate surface area is 226 Å². The van der Waals surface area contributed by atoms with Crippen LogP contribution in [0, 0.1) is 5.92 Å². The number of likely N-dealkylation sites (N-methyl/N-ethyl adjacent to an activating group) is 1. The molecule has 1 aliphatic carbocycles. The normalized spacial score (nSPS) is 26.4. The van der Waals surface area contributed by atoms with Crippen LogP contribution >= 0.6 is 23.2 Å². The molecule has 1 saturated heterocycles. The third-order valence-corrected chi connectivity index (χ3v) is 8.11. The van der Waals surface area contributed by atoms with Gasteiger partial charge in [0.25, 0.3) is 0 Å². The lowest BCUT2D eigenvalue weighted by Gasteiger charge is -2.36. The second kappa shape index (κ2) is 13.4. The van der Waals surface area contributed by atoms with Gasteiger partial charge < -0.3 is 25.0 Å². The highest BCUT2D eigenvalue weighted by atomic mass is 35.5. The zero-order chi connectivity index (χ0) is 25.5. The summed E-state index contributed by atoms with van der Waals surface area (Å²) in [5, 5.41) is 12.3. The second-order valence-corrected chi connectivity index (χ2v) is 11.2. The standard InChI is InChI=1S/C27H41Cl2N5O2/c1-18(17-35-3)32-20-4-6-21(7-5-20)33-25-14-22(24(29)16-30-25)27-23(28)8-9-26(34(27)2)31-15-19-10-12-36-13-11-19/h8-9,14,16,18-21,26,31-32H,4-7,10-13,15,17H2,1-3H3,(H,30,33)/t18-,20?,21?,26?/m1/s1. The first-order chi connectivity index (χ1) is 17.4. The van der Waals surface area contributed by atoms with Gasteiger partial charge in [0.05, 0.1) is 28.5 Å². The van der Waals surface area contributed by atoms with Gasteiger partial charge in [-0.25, -0.2) is 4.98 Å². The van der Waals surface area contributed by atoms with Crippen LogP contribution in [0.25, 0.3) is 5.70 Å². The number of nitrogens with zero attached hydrogens (tertiary/aromatic N) is 2. The van der Waals surface area contributed by atoms with E-state index < -0.39 is 0 Å². The Balaban J connectivity index is 1.37. The van der Waals surface area contributed by atoms with E-state index in [0.717, 1.165) is 82.0 Å². The molecule has 0 aromatic carbocycles. The summed E-state index contributed by atoms with van der Waals surface area (Å²) in [5.74, 6) is 1.48. The molecule has 200 valence electrons. The minimum absolute atomic E-state index is 0.0502. The van der Waals surface area contributed by atoms with Crippen molar-refractivity contribution in [2.75, 3.05) is 45.8 Å². The lowest BCUT2D eigenvalue weighted by atomic mass is 9.90. The van der Waals surface area contributed by atoms with Crippen molar-refractivity contribution >= 4 is 34.7 Å². The van der Waals surface area contributed by atoms with Crippen molar-refractivity contribution in [3.05, 3.63) is 40.0 Å². The molecule has 3 aliphatic rings. The third-order valence-electron chi connectivity index (χ3n) is 7.50. The Kier molecular flexibility index (Phi) is 10.3. The summed E-state index contributed by atoms with van der Waals surface area (Å²) < 4.78 is 10.8. The molecular weight excluding hydrogens is 497 g/mol. The number of rotatable bonds is 10. The van der Waals surface area contributed by atoms with E-state index in [-0.39, 0.29) is 6.17 Å². The molecule has 2 aliphatic heterocycles. The number of hydrogen-bond acceptors (Lipinski definition) is 7. The number of anilines is 1. The highest BCUT2D eigenvalue weighted by Gasteiger charge is 2.26. The highest BCUT2D eigenvalue weighted by Crippen LogP contribution is 2.35. The van der Waals surface area contributed by atoms with Crippen LogP contribution in [0.3, 0.4) is 0 Å². The molecule has 2 atom stereocenters. The second-order valence-electron chi connectivity index (χ2n) is 10.3. The lowest BCUT2D eigenvalue weighted by Crippen LogP contribution is -2.45. The highest BCUT2D eigenvalue weighted by molar-refractivity contribution is 6.36. The van der Waals surface area contributed by atoms with Crippen molar-refractivity contribution in [1.29, 1.82) is 0 Å². The molecule has 0 bridgehead atoms. The van der Waals surface area contributed by atoms with Gasteiger partial charge in [0, 0.05) is 63.8 Å². The molecule has 1 saturated carbocycles. The number of methoxy groups -OCH3 is 1. The van der Waals surface area contributed by atoms with Crippen LogP contribution in [0.15, 0.2) is 29.4 Å². The molecule has 2 fully saturated rings. The first-order valence-corrected chi connectivity index (χ1v) is 14.0. The summed E-state index contributed by atoms with van der Waals surface area (Å²) >= 11 is 13.4. The van der Waals surface area contributed by atoms with E-state index in [9.17, 15) is 0 Å². The first-order valence-electron chi connectivity index (χ1n) is 13.2. The van der Waals surface area contributed by atoms with E-state index in [4.69, 9.17) is 32.7 Å². The van der Waals surface area contributed by atoms with Crippen LogP contribution in [-0.4, -0.2) is 74.7 Å². The third kappa shape index (κ3) is 7.36. The van der Waals surface area contributed by atoms with Gasteiger partial charge in [-0.05, 0) is 69.6 Å². The Morgan fingerprint density at radius 3 is 2.58 bits per heavy atom. The molecule has 36 heavy (non-hydrogen) atoms. The number of hydrogen-bond donors (Lipinski definition) is 3. The number of pyridine rings is 1.